The van der Waals surface area contributed by atoms with Crippen molar-refractivity contribution < 1.29 is 13.2 Å². The first kappa shape index (κ1) is 36.0. The number of aromatic nitrogens is 2. The Morgan fingerprint density at radius 1 is 0.367 bits per heavy atom. The third kappa shape index (κ3) is 5.85. The predicted octanol–water partition coefficient (Wildman–Crippen LogP) is 13.5. The van der Waals surface area contributed by atoms with Gasteiger partial charge < -0.3 is 9.13 Å². The first-order chi connectivity index (χ1) is 29.2. The van der Waals surface area contributed by atoms with Crippen molar-refractivity contribution in [3.8, 4) is 63.0 Å². The number of para-hydroxylation sites is 2. The van der Waals surface area contributed by atoms with Crippen LogP contribution in [0.4, 0.5) is 13.2 Å². The van der Waals surface area contributed by atoms with Crippen LogP contribution in [0.1, 0.15) is 22.3 Å². The summed E-state index contributed by atoms with van der Waals surface area (Å²) in [5.74, 6) is 0. The summed E-state index contributed by atoms with van der Waals surface area (Å²) in [5, 5.41) is 32.3. The lowest BCUT2D eigenvalue weighted by Gasteiger charge is -2.22. The van der Waals surface area contributed by atoms with E-state index in [0.29, 0.717) is 28.0 Å². The van der Waals surface area contributed by atoms with Crippen molar-refractivity contribution in [3.63, 3.8) is 0 Å². The number of halogens is 3. The van der Waals surface area contributed by atoms with Crippen LogP contribution in [0.15, 0.2) is 170 Å². The first-order valence-corrected chi connectivity index (χ1v) is 19.1. The van der Waals surface area contributed by atoms with Gasteiger partial charge in [-0.1, -0.05) is 97.1 Å². The van der Waals surface area contributed by atoms with Gasteiger partial charge in [-0.15, -0.1) is 0 Å². The van der Waals surface area contributed by atoms with Crippen molar-refractivity contribution in [2.75, 3.05) is 0 Å². The fourth-order valence-corrected chi connectivity index (χ4v) is 8.46. The highest BCUT2D eigenvalue weighted by Crippen LogP contribution is 2.46. The first-order valence-electron chi connectivity index (χ1n) is 19.1. The summed E-state index contributed by atoms with van der Waals surface area (Å²) in [6, 6.07) is 57.7. The van der Waals surface area contributed by atoms with Gasteiger partial charge in [0.05, 0.1) is 73.9 Å². The number of alkyl halides is 3. The Morgan fingerprint density at radius 2 is 0.817 bits per heavy atom. The minimum Gasteiger partial charge on any atom is -0.307 e. The number of rotatable bonds is 5. The van der Waals surface area contributed by atoms with Crippen molar-refractivity contribution in [3.05, 3.63) is 192 Å². The van der Waals surface area contributed by atoms with Crippen LogP contribution in [0.25, 0.3) is 88.4 Å². The highest BCUT2D eigenvalue weighted by molar-refractivity contribution is 6.13. The molecule has 0 atom stereocenters. The molecule has 2 heterocycles. The zero-order valence-electron chi connectivity index (χ0n) is 31.5. The molecule has 60 heavy (non-hydrogen) atoms. The molecule has 0 aliphatic carbocycles. The maximum atomic E-state index is 15.7. The van der Waals surface area contributed by atoms with E-state index in [1.807, 2.05) is 118 Å². The Bertz CT molecular complexity index is 3500. The molecule has 0 unspecified atom stereocenters. The number of nitrogens with zero attached hydrogens (tertiary/aromatic N) is 5. The van der Waals surface area contributed by atoms with Crippen LogP contribution in [-0.4, -0.2) is 9.13 Å². The van der Waals surface area contributed by atoms with Crippen LogP contribution in [0.5, 0.6) is 0 Å². The van der Waals surface area contributed by atoms with E-state index in [4.69, 9.17) is 0 Å². The zero-order chi connectivity index (χ0) is 41.1. The van der Waals surface area contributed by atoms with Crippen molar-refractivity contribution >= 4 is 43.6 Å². The van der Waals surface area contributed by atoms with Crippen molar-refractivity contribution in [1.82, 2.24) is 9.13 Å². The van der Waals surface area contributed by atoms with Crippen molar-refractivity contribution in [1.29, 1.82) is 15.8 Å². The quantitative estimate of drug-likeness (QED) is 0.174. The Kier molecular flexibility index (Phi) is 8.35. The lowest BCUT2D eigenvalue weighted by molar-refractivity contribution is -0.137. The van der Waals surface area contributed by atoms with Crippen LogP contribution < -0.4 is 0 Å². The fraction of sp³-hybridized carbons (Fsp3) is 0.0192. The molecule has 0 spiro atoms. The molecule has 5 nitrogen and oxygen atoms in total. The smallest absolute Gasteiger partial charge is 0.307 e. The van der Waals surface area contributed by atoms with Crippen LogP contribution in [0, 0.1) is 34.0 Å². The van der Waals surface area contributed by atoms with Gasteiger partial charge in [-0.05, 0) is 106 Å². The molecule has 0 fully saturated rings. The summed E-state index contributed by atoms with van der Waals surface area (Å²) in [7, 11) is 0. The van der Waals surface area contributed by atoms with Gasteiger partial charge in [-0.2, -0.15) is 29.0 Å². The number of fused-ring (bicyclic) bond motifs is 6. The fourth-order valence-electron chi connectivity index (χ4n) is 8.46. The van der Waals surface area contributed by atoms with E-state index in [1.54, 1.807) is 48.5 Å². The van der Waals surface area contributed by atoms with Gasteiger partial charge in [-0.25, -0.2) is 0 Å². The zero-order valence-corrected chi connectivity index (χ0v) is 31.5. The lowest BCUT2D eigenvalue weighted by Crippen LogP contribution is -2.12. The molecular weight excluding hydrogens is 752 g/mol. The number of hydrogen-bond donors (Lipinski definition) is 0. The molecule has 0 bridgehead atoms. The molecule has 8 heteroatoms. The predicted molar refractivity (Wildman–Crippen MR) is 231 cm³/mol. The summed E-state index contributed by atoms with van der Waals surface area (Å²) >= 11 is 0. The molecule has 0 N–H and O–H groups in total. The SMILES string of the molecule is N#Cc1ccc(-c2ccc3c4ccccc4n(-c4cc(-c5cccc(C#N)c5)c(C(F)(F)F)cc4-n4c5ccccc5c5ccc(-c6ccc(C#N)cc6)cc54)c3c2)cc1. The minimum absolute atomic E-state index is 0.0634. The lowest BCUT2D eigenvalue weighted by atomic mass is 9.95. The number of hydrogen-bond acceptors (Lipinski definition) is 3. The molecular formula is C52H28F3N5. The molecule has 8 aromatic carbocycles. The van der Waals surface area contributed by atoms with Gasteiger partial charge in [0.2, 0.25) is 0 Å². The van der Waals surface area contributed by atoms with E-state index >= 15 is 13.2 Å². The maximum Gasteiger partial charge on any atom is 0.417 e. The monoisotopic (exact) mass is 779 g/mol. The van der Waals surface area contributed by atoms with Gasteiger partial charge >= 0.3 is 6.18 Å². The Labute approximate surface area is 341 Å². The maximum absolute atomic E-state index is 15.7. The Hall–Kier alpha value is -8.38. The van der Waals surface area contributed by atoms with E-state index < -0.39 is 11.7 Å². The minimum atomic E-state index is -4.78. The second-order valence-corrected chi connectivity index (χ2v) is 14.6. The summed E-state index contributed by atoms with van der Waals surface area (Å²) in [5.41, 5.74) is 7.88. The molecule has 0 aliphatic heterocycles. The van der Waals surface area contributed by atoms with Crippen LogP contribution in [0.2, 0.25) is 0 Å². The molecule has 10 aromatic rings. The largest absolute Gasteiger partial charge is 0.417 e. The molecule has 0 saturated carbocycles. The average molecular weight is 780 g/mol. The summed E-state index contributed by atoms with van der Waals surface area (Å²) in [6.45, 7) is 0. The van der Waals surface area contributed by atoms with E-state index in [-0.39, 0.29) is 16.7 Å². The van der Waals surface area contributed by atoms with Gasteiger partial charge in [0.15, 0.2) is 0 Å². The highest BCUT2D eigenvalue weighted by Gasteiger charge is 2.36. The number of benzene rings is 8. The van der Waals surface area contributed by atoms with Gasteiger partial charge in [0.1, 0.15) is 0 Å². The second kappa shape index (κ2) is 13.9. The van der Waals surface area contributed by atoms with Crippen LogP contribution in [0.3, 0.4) is 0 Å². The van der Waals surface area contributed by atoms with Crippen molar-refractivity contribution in [2.24, 2.45) is 0 Å². The molecule has 0 amide bonds. The molecule has 2 aromatic heterocycles. The third-order valence-corrected chi connectivity index (χ3v) is 11.2. The summed E-state index contributed by atoms with van der Waals surface area (Å²) in [6.07, 6.45) is -4.78. The molecule has 0 aliphatic rings. The molecule has 282 valence electrons. The number of nitriles is 3. The summed E-state index contributed by atoms with van der Waals surface area (Å²) < 4.78 is 50.9. The van der Waals surface area contributed by atoms with E-state index in [1.165, 1.54) is 12.1 Å². The summed E-state index contributed by atoms with van der Waals surface area (Å²) in [4.78, 5) is 0. The Balaban J connectivity index is 1.36. The van der Waals surface area contributed by atoms with Crippen LogP contribution in [-0.2, 0) is 6.18 Å². The van der Waals surface area contributed by atoms with Crippen molar-refractivity contribution in [2.45, 2.75) is 6.18 Å². The molecule has 0 radical (unpaired) electrons. The average Bonchev–Trinajstić information content (AvgIpc) is 3.80. The normalized spacial score (nSPS) is 11.5. The van der Waals surface area contributed by atoms with E-state index in [0.717, 1.165) is 60.3 Å². The van der Waals surface area contributed by atoms with Gasteiger partial charge in [0, 0.05) is 21.5 Å². The third-order valence-electron chi connectivity index (χ3n) is 11.2. The topological polar surface area (TPSA) is 81.2 Å². The standard InChI is InChI=1S/C52H28F3N5/c53-52(54,55)45-28-51(60-47-11-4-2-9-41(47)43-23-21-38(26-49(43)60)36-18-14-33(30-57)15-19-36)50(27-44(45)39-7-5-6-34(24-39)31-58)59-46-10-3-1-8-40(46)42-22-20-37(25-48(42)59)35-16-12-32(29-56)13-17-35/h1-28H. The molecule has 10 rings (SSSR count). The molecule has 0 saturated heterocycles. The highest BCUT2D eigenvalue weighted by atomic mass is 19.4. The van der Waals surface area contributed by atoms with Gasteiger partial charge in [0.25, 0.3) is 0 Å². The Morgan fingerprint density at radius 3 is 1.30 bits per heavy atom. The van der Waals surface area contributed by atoms with Crippen LogP contribution >= 0.6 is 0 Å². The van der Waals surface area contributed by atoms with Gasteiger partial charge in [-0.3, -0.25) is 0 Å². The van der Waals surface area contributed by atoms with E-state index in [9.17, 15) is 15.8 Å². The second-order valence-electron chi connectivity index (χ2n) is 14.6. The van der Waals surface area contributed by atoms with E-state index in [2.05, 4.69) is 18.2 Å².